The van der Waals surface area contributed by atoms with Crippen LogP contribution in [0, 0.1) is 0 Å². The van der Waals surface area contributed by atoms with Crippen LogP contribution in [-0.4, -0.2) is 21.2 Å². The van der Waals surface area contributed by atoms with E-state index in [2.05, 4.69) is 15.0 Å². The highest BCUT2D eigenvalue weighted by Crippen LogP contribution is 2.02. The molecule has 2 aromatic rings. The highest BCUT2D eigenvalue weighted by Gasteiger charge is 1.98. The summed E-state index contributed by atoms with van der Waals surface area (Å²) in [5.41, 5.74) is 2.42. The Balaban J connectivity index is 1.97. The Hall–Kier alpha value is -2.10. The number of carbonyl (C=O) groups is 1. The average molecular weight is 213 g/mol. The van der Waals surface area contributed by atoms with Crippen LogP contribution in [0.3, 0.4) is 0 Å². The van der Waals surface area contributed by atoms with Gasteiger partial charge >= 0.3 is 0 Å². The quantitative estimate of drug-likeness (QED) is 0.722. The molecule has 0 aliphatic heterocycles. The maximum absolute atomic E-state index is 10.4. The van der Waals surface area contributed by atoms with Crippen LogP contribution in [0.5, 0.6) is 0 Å². The molecule has 4 heteroatoms. The minimum atomic E-state index is 0.366. The van der Waals surface area contributed by atoms with Gasteiger partial charge in [0.05, 0.1) is 11.9 Å². The topological polar surface area (TPSA) is 55.7 Å². The maximum Gasteiger partial charge on any atom is 0.170 e. The Morgan fingerprint density at radius 3 is 2.69 bits per heavy atom. The molecule has 0 radical (unpaired) electrons. The van der Waals surface area contributed by atoms with Crippen molar-refractivity contribution >= 4 is 6.29 Å². The summed E-state index contributed by atoms with van der Waals surface area (Å²) in [7, 11) is 0. The molecule has 2 rings (SSSR count). The van der Waals surface area contributed by atoms with Crippen molar-refractivity contribution in [2.75, 3.05) is 0 Å². The van der Waals surface area contributed by atoms with E-state index in [4.69, 9.17) is 0 Å². The fourth-order valence-corrected chi connectivity index (χ4v) is 1.37. The molecule has 0 aromatic carbocycles. The standard InChI is InChI=1S/C12H11N3O/c16-9-12-8-14-11(7-15-12)4-3-10-2-1-5-13-6-10/h1-2,5-9H,3-4H2. The lowest BCUT2D eigenvalue weighted by Gasteiger charge is -2.00. The van der Waals surface area contributed by atoms with Crippen molar-refractivity contribution in [1.29, 1.82) is 0 Å². The number of carbonyl (C=O) groups excluding carboxylic acids is 1. The molecule has 0 N–H and O–H groups in total. The minimum absolute atomic E-state index is 0.366. The molecule has 2 aromatic heterocycles. The number of hydrogen-bond acceptors (Lipinski definition) is 4. The summed E-state index contributed by atoms with van der Waals surface area (Å²) in [5, 5.41) is 0. The zero-order chi connectivity index (χ0) is 11.2. The Labute approximate surface area is 93.4 Å². The molecule has 0 aliphatic carbocycles. The van der Waals surface area contributed by atoms with Gasteiger partial charge in [-0.2, -0.15) is 0 Å². The first-order chi connectivity index (χ1) is 7.88. The van der Waals surface area contributed by atoms with Crippen molar-refractivity contribution in [1.82, 2.24) is 15.0 Å². The van der Waals surface area contributed by atoms with Crippen LogP contribution >= 0.6 is 0 Å². The molecule has 0 bridgehead atoms. The number of rotatable bonds is 4. The van der Waals surface area contributed by atoms with E-state index in [0.29, 0.717) is 12.0 Å². The van der Waals surface area contributed by atoms with Gasteiger partial charge in [-0.15, -0.1) is 0 Å². The molecule has 16 heavy (non-hydrogen) atoms. The number of aromatic nitrogens is 3. The summed E-state index contributed by atoms with van der Waals surface area (Å²) in [6, 6.07) is 3.94. The van der Waals surface area contributed by atoms with Gasteiger partial charge in [0.1, 0.15) is 5.69 Å². The van der Waals surface area contributed by atoms with Crippen molar-refractivity contribution in [3.63, 3.8) is 0 Å². The molecule has 0 amide bonds. The van der Waals surface area contributed by atoms with Crippen LogP contribution in [-0.2, 0) is 12.8 Å². The molecule has 0 unspecified atom stereocenters. The van der Waals surface area contributed by atoms with E-state index in [1.165, 1.54) is 11.8 Å². The normalized spacial score (nSPS) is 10.0. The van der Waals surface area contributed by atoms with Crippen molar-refractivity contribution < 1.29 is 4.79 Å². The lowest BCUT2D eigenvalue weighted by molar-refractivity contribution is 0.111. The lowest BCUT2D eigenvalue weighted by atomic mass is 10.1. The third-order valence-electron chi connectivity index (χ3n) is 2.24. The Morgan fingerprint density at radius 2 is 2.06 bits per heavy atom. The molecule has 0 saturated carbocycles. The van der Waals surface area contributed by atoms with E-state index >= 15 is 0 Å². The van der Waals surface area contributed by atoms with Crippen molar-refractivity contribution in [3.8, 4) is 0 Å². The maximum atomic E-state index is 10.4. The molecular weight excluding hydrogens is 202 g/mol. The van der Waals surface area contributed by atoms with Crippen LogP contribution in [0.15, 0.2) is 36.9 Å². The predicted molar refractivity (Wildman–Crippen MR) is 59.1 cm³/mol. The van der Waals surface area contributed by atoms with E-state index in [9.17, 15) is 4.79 Å². The SMILES string of the molecule is O=Cc1cnc(CCc2cccnc2)cn1. The minimum Gasteiger partial charge on any atom is -0.296 e. The highest BCUT2D eigenvalue weighted by atomic mass is 16.1. The Bertz CT molecular complexity index is 453. The van der Waals surface area contributed by atoms with E-state index < -0.39 is 0 Å². The highest BCUT2D eigenvalue weighted by molar-refractivity contribution is 5.70. The van der Waals surface area contributed by atoms with Gasteiger partial charge in [0.25, 0.3) is 0 Å². The zero-order valence-corrected chi connectivity index (χ0v) is 8.71. The molecular formula is C12H11N3O. The molecule has 0 saturated heterocycles. The fourth-order valence-electron chi connectivity index (χ4n) is 1.37. The zero-order valence-electron chi connectivity index (χ0n) is 8.71. The van der Waals surface area contributed by atoms with Crippen LogP contribution in [0.25, 0.3) is 0 Å². The van der Waals surface area contributed by atoms with Gasteiger partial charge in [0.15, 0.2) is 6.29 Å². The van der Waals surface area contributed by atoms with Gasteiger partial charge in [0.2, 0.25) is 0 Å². The largest absolute Gasteiger partial charge is 0.296 e. The van der Waals surface area contributed by atoms with Gasteiger partial charge in [-0.1, -0.05) is 6.07 Å². The number of aldehydes is 1. The van der Waals surface area contributed by atoms with Crippen molar-refractivity contribution in [3.05, 3.63) is 53.9 Å². The summed E-state index contributed by atoms with van der Waals surface area (Å²) >= 11 is 0. The molecule has 4 nitrogen and oxygen atoms in total. The fraction of sp³-hybridized carbons (Fsp3) is 0.167. The van der Waals surface area contributed by atoms with E-state index in [-0.39, 0.29) is 0 Å². The van der Waals surface area contributed by atoms with Crippen LogP contribution < -0.4 is 0 Å². The summed E-state index contributed by atoms with van der Waals surface area (Å²) < 4.78 is 0. The molecule has 2 heterocycles. The molecule has 0 atom stereocenters. The Morgan fingerprint density at radius 1 is 1.12 bits per heavy atom. The molecule has 0 spiro atoms. The number of hydrogen-bond donors (Lipinski definition) is 0. The molecule has 80 valence electrons. The molecule has 0 fully saturated rings. The average Bonchev–Trinajstić information content (AvgIpc) is 2.38. The summed E-state index contributed by atoms with van der Waals surface area (Å²) in [5.74, 6) is 0. The third kappa shape index (κ3) is 2.70. The van der Waals surface area contributed by atoms with E-state index in [1.807, 2.05) is 18.3 Å². The van der Waals surface area contributed by atoms with Crippen molar-refractivity contribution in [2.24, 2.45) is 0 Å². The van der Waals surface area contributed by atoms with Crippen LogP contribution in [0.2, 0.25) is 0 Å². The van der Waals surface area contributed by atoms with Gasteiger partial charge in [-0.25, -0.2) is 4.98 Å². The van der Waals surface area contributed by atoms with Crippen molar-refractivity contribution in [2.45, 2.75) is 12.8 Å². The number of nitrogens with zero attached hydrogens (tertiary/aromatic N) is 3. The second-order valence-corrected chi connectivity index (χ2v) is 3.41. The summed E-state index contributed by atoms with van der Waals surface area (Å²) in [6.07, 6.45) is 9.10. The molecule has 0 aliphatic rings. The van der Waals surface area contributed by atoms with Gasteiger partial charge in [0, 0.05) is 18.6 Å². The van der Waals surface area contributed by atoms with E-state index in [1.54, 1.807) is 12.4 Å². The van der Waals surface area contributed by atoms with Crippen LogP contribution in [0.4, 0.5) is 0 Å². The third-order valence-corrected chi connectivity index (χ3v) is 2.24. The predicted octanol–water partition coefficient (Wildman–Crippen LogP) is 1.47. The van der Waals surface area contributed by atoms with Crippen LogP contribution in [0.1, 0.15) is 21.7 Å². The van der Waals surface area contributed by atoms with E-state index in [0.717, 1.165) is 18.5 Å². The number of pyridine rings is 1. The lowest BCUT2D eigenvalue weighted by Crippen LogP contribution is -1.97. The first-order valence-electron chi connectivity index (χ1n) is 5.03. The first kappa shape index (κ1) is 10.4. The smallest absolute Gasteiger partial charge is 0.170 e. The second kappa shape index (κ2) is 5.11. The second-order valence-electron chi connectivity index (χ2n) is 3.41. The summed E-state index contributed by atoms with van der Waals surface area (Å²) in [6.45, 7) is 0. The Kier molecular flexibility index (Phi) is 3.33. The monoisotopic (exact) mass is 213 g/mol. The number of aryl methyl sites for hydroxylation is 2. The first-order valence-corrected chi connectivity index (χ1v) is 5.03. The van der Waals surface area contributed by atoms with Gasteiger partial charge < -0.3 is 0 Å². The van der Waals surface area contributed by atoms with Gasteiger partial charge in [-0.05, 0) is 24.5 Å². The van der Waals surface area contributed by atoms with Gasteiger partial charge in [-0.3, -0.25) is 14.8 Å². The summed E-state index contributed by atoms with van der Waals surface area (Å²) in [4.78, 5) is 22.5.